The molecule has 2 N–H and O–H groups in total. The molecular formula is C8H13B2NO2. The summed E-state index contributed by atoms with van der Waals surface area (Å²) in [5.74, 6) is 0.574. The Morgan fingerprint density at radius 2 is 2.31 bits per heavy atom. The second kappa shape index (κ2) is 3.66. The second-order valence-corrected chi connectivity index (χ2v) is 3.08. The molecular weight excluding hydrogens is 164 g/mol. The molecule has 0 aromatic rings. The number of hydrogen-bond donors (Lipinski definition) is 1. The largest absolute Gasteiger partial charge is 0.496 e. The van der Waals surface area contributed by atoms with E-state index in [1.54, 1.807) is 7.11 Å². The number of hydrogen-bond acceptors (Lipinski definition) is 3. The SMILES string of the molecule is [B]C[C@@]1(CC)O[C@@H]([B])C(N)=C1OC. The molecule has 0 saturated carbocycles. The fourth-order valence-electron chi connectivity index (χ4n) is 1.59. The standard InChI is InChI=1S/C8H13B2NO2/c1-3-8(4-9)6(12-2)5(11)7(10)13-8/h7H,3-4,11H2,1-2H3/t7-,8-/m1/s1. The van der Waals surface area contributed by atoms with E-state index in [-0.39, 0.29) is 0 Å². The Kier molecular flexibility index (Phi) is 2.96. The van der Waals surface area contributed by atoms with Gasteiger partial charge in [-0.2, -0.15) is 0 Å². The van der Waals surface area contributed by atoms with Crippen molar-refractivity contribution < 1.29 is 9.47 Å². The summed E-state index contributed by atoms with van der Waals surface area (Å²) < 4.78 is 10.7. The summed E-state index contributed by atoms with van der Waals surface area (Å²) in [6.45, 7) is 1.96. The van der Waals surface area contributed by atoms with Gasteiger partial charge in [0.2, 0.25) is 0 Å². The highest BCUT2D eigenvalue weighted by molar-refractivity contribution is 6.13. The van der Waals surface area contributed by atoms with Crippen LogP contribution in [0.2, 0.25) is 6.32 Å². The van der Waals surface area contributed by atoms with Gasteiger partial charge in [0.15, 0.2) is 0 Å². The molecule has 0 aromatic heterocycles. The number of methoxy groups -OCH3 is 1. The molecule has 5 heteroatoms. The zero-order chi connectivity index (χ0) is 10.1. The Labute approximate surface area is 81.5 Å². The fourth-order valence-corrected chi connectivity index (χ4v) is 1.59. The van der Waals surface area contributed by atoms with Crippen LogP contribution in [0.5, 0.6) is 0 Å². The second-order valence-electron chi connectivity index (χ2n) is 3.08. The minimum Gasteiger partial charge on any atom is -0.496 e. The minimum absolute atomic E-state index is 0.321. The van der Waals surface area contributed by atoms with Crippen LogP contribution in [0.3, 0.4) is 0 Å². The average Bonchev–Trinajstić information content (AvgIpc) is 2.40. The van der Waals surface area contributed by atoms with Crippen LogP contribution >= 0.6 is 0 Å². The van der Waals surface area contributed by atoms with Crippen LogP contribution in [0.1, 0.15) is 13.3 Å². The summed E-state index contributed by atoms with van der Waals surface area (Å²) >= 11 is 0. The van der Waals surface area contributed by atoms with Crippen molar-refractivity contribution >= 4 is 15.7 Å². The lowest BCUT2D eigenvalue weighted by Crippen LogP contribution is -2.32. The van der Waals surface area contributed by atoms with Crippen molar-refractivity contribution in [2.45, 2.75) is 31.3 Å². The number of rotatable bonds is 3. The molecule has 13 heavy (non-hydrogen) atoms. The zero-order valence-corrected chi connectivity index (χ0v) is 8.04. The lowest BCUT2D eigenvalue weighted by atomic mass is 9.83. The normalized spacial score (nSPS) is 33.8. The van der Waals surface area contributed by atoms with Gasteiger partial charge in [0.05, 0.1) is 26.7 Å². The highest BCUT2D eigenvalue weighted by atomic mass is 16.6. The van der Waals surface area contributed by atoms with Crippen molar-refractivity contribution in [2.24, 2.45) is 5.73 Å². The van der Waals surface area contributed by atoms with Crippen molar-refractivity contribution in [1.29, 1.82) is 0 Å². The van der Waals surface area contributed by atoms with Gasteiger partial charge >= 0.3 is 0 Å². The van der Waals surface area contributed by atoms with Gasteiger partial charge in [-0.15, -0.1) is 0 Å². The Bertz CT molecular complexity index is 226. The molecule has 4 radical (unpaired) electrons. The molecule has 0 saturated heterocycles. The van der Waals surface area contributed by atoms with Gasteiger partial charge in [0.1, 0.15) is 19.2 Å². The van der Waals surface area contributed by atoms with Crippen LogP contribution in [-0.4, -0.2) is 34.4 Å². The third-order valence-corrected chi connectivity index (χ3v) is 2.44. The van der Waals surface area contributed by atoms with E-state index >= 15 is 0 Å². The van der Waals surface area contributed by atoms with Crippen molar-refractivity contribution in [3.63, 3.8) is 0 Å². The van der Waals surface area contributed by atoms with E-state index in [9.17, 15) is 0 Å². The molecule has 0 bridgehead atoms. The maximum Gasteiger partial charge on any atom is 0.147 e. The third-order valence-electron chi connectivity index (χ3n) is 2.44. The molecule has 1 aliphatic heterocycles. The molecule has 0 unspecified atom stereocenters. The quantitative estimate of drug-likeness (QED) is 0.619. The topological polar surface area (TPSA) is 44.5 Å². The fraction of sp³-hybridized carbons (Fsp3) is 0.750. The molecule has 0 aromatic carbocycles. The Morgan fingerprint density at radius 1 is 1.69 bits per heavy atom. The summed E-state index contributed by atoms with van der Waals surface area (Å²) in [6, 6.07) is -0.599. The maximum atomic E-state index is 5.71. The lowest BCUT2D eigenvalue weighted by molar-refractivity contribution is -0.0157. The highest BCUT2D eigenvalue weighted by Gasteiger charge is 2.42. The predicted octanol–water partition coefficient (Wildman–Crippen LogP) is 0.0635. The summed E-state index contributed by atoms with van der Waals surface area (Å²) in [7, 11) is 12.8. The molecule has 1 heterocycles. The van der Waals surface area contributed by atoms with E-state index in [1.165, 1.54) is 0 Å². The Balaban J connectivity index is 3.02. The van der Waals surface area contributed by atoms with Crippen molar-refractivity contribution in [3.05, 3.63) is 11.5 Å². The van der Waals surface area contributed by atoms with Crippen molar-refractivity contribution in [1.82, 2.24) is 0 Å². The van der Waals surface area contributed by atoms with Gasteiger partial charge < -0.3 is 15.2 Å². The molecule has 68 valence electrons. The predicted molar refractivity (Wildman–Crippen MR) is 52.4 cm³/mol. The van der Waals surface area contributed by atoms with Crippen LogP contribution in [0.15, 0.2) is 11.5 Å². The van der Waals surface area contributed by atoms with E-state index in [0.717, 1.165) is 0 Å². The first kappa shape index (κ1) is 10.5. The molecule has 0 amide bonds. The van der Waals surface area contributed by atoms with Gasteiger partial charge in [-0.3, -0.25) is 0 Å². The maximum absolute atomic E-state index is 5.71. The van der Waals surface area contributed by atoms with Crippen LogP contribution < -0.4 is 5.73 Å². The Morgan fingerprint density at radius 3 is 2.62 bits per heavy atom. The van der Waals surface area contributed by atoms with E-state index < -0.39 is 11.6 Å². The van der Waals surface area contributed by atoms with Gasteiger partial charge in [0.25, 0.3) is 0 Å². The summed E-state index contributed by atoms with van der Waals surface area (Å²) in [4.78, 5) is 0. The van der Waals surface area contributed by atoms with Crippen molar-refractivity contribution in [2.75, 3.05) is 7.11 Å². The molecule has 2 atom stereocenters. The van der Waals surface area contributed by atoms with Crippen LogP contribution in [0.4, 0.5) is 0 Å². The van der Waals surface area contributed by atoms with E-state index in [4.69, 9.17) is 30.9 Å². The third kappa shape index (κ3) is 1.45. The molecule has 1 rings (SSSR count). The van der Waals surface area contributed by atoms with Crippen LogP contribution in [0, 0.1) is 0 Å². The first-order valence-electron chi connectivity index (χ1n) is 4.29. The lowest BCUT2D eigenvalue weighted by Gasteiger charge is -2.29. The molecule has 0 aliphatic carbocycles. The van der Waals surface area contributed by atoms with Crippen LogP contribution in [0.25, 0.3) is 0 Å². The molecule has 1 aliphatic rings. The monoisotopic (exact) mass is 177 g/mol. The van der Waals surface area contributed by atoms with Gasteiger partial charge in [-0.25, -0.2) is 0 Å². The summed E-state index contributed by atoms with van der Waals surface area (Å²) in [6.07, 6.45) is 1.02. The smallest absolute Gasteiger partial charge is 0.147 e. The van der Waals surface area contributed by atoms with Gasteiger partial charge in [-0.05, 0) is 6.42 Å². The van der Waals surface area contributed by atoms with E-state index in [2.05, 4.69) is 0 Å². The highest BCUT2D eigenvalue weighted by Crippen LogP contribution is 2.38. The number of nitrogens with two attached hydrogens (primary N) is 1. The van der Waals surface area contributed by atoms with E-state index in [0.29, 0.717) is 24.2 Å². The summed E-state index contributed by atoms with van der Waals surface area (Å²) in [5.41, 5.74) is 5.52. The number of ether oxygens (including phenoxy) is 2. The first-order chi connectivity index (χ1) is 6.11. The van der Waals surface area contributed by atoms with Gasteiger partial charge in [-0.1, -0.05) is 13.2 Å². The first-order valence-corrected chi connectivity index (χ1v) is 4.29. The molecule has 0 spiro atoms. The average molecular weight is 177 g/mol. The van der Waals surface area contributed by atoms with E-state index in [1.807, 2.05) is 6.92 Å². The molecule has 3 nitrogen and oxygen atoms in total. The minimum atomic E-state index is -0.627. The zero-order valence-electron chi connectivity index (χ0n) is 8.04. The van der Waals surface area contributed by atoms with Crippen molar-refractivity contribution in [3.8, 4) is 0 Å². The summed E-state index contributed by atoms with van der Waals surface area (Å²) in [5, 5.41) is 0. The molecule has 0 fully saturated rings. The Hall–Kier alpha value is -0.570. The van der Waals surface area contributed by atoms with Crippen LogP contribution in [-0.2, 0) is 9.47 Å². The van der Waals surface area contributed by atoms with Gasteiger partial charge in [0, 0.05) is 0 Å².